The van der Waals surface area contributed by atoms with Crippen LogP contribution in [0.2, 0.25) is 0 Å². The monoisotopic (exact) mass is 223 g/mol. The average molecular weight is 223 g/mol. The Morgan fingerprint density at radius 2 is 2.19 bits per heavy atom. The molecule has 0 aliphatic heterocycles. The van der Waals surface area contributed by atoms with Gasteiger partial charge in [0, 0.05) is 19.3 Å². The Morgan fingerprint density at radius 3 is 2.81 bits per heavy atom. The lowest BCUT2D eigenvalue weighted by Gasteiger charge is -2.24. The molecule has 0 saturated heterocycles. The van der Waals surface area contributed by atoms with Gasteiger partial charge < -0.3 is 16.2 Å². The fraction of sp³-hybridized carbons (Fsp3) is 0.583. The number of rotatable bonds is 5. The zero-order valence-corrected chi connectivity index (χ0v) is 10.2. The van der Waals surface area contributed by atoms with Crippen LogP contribution in [0.1, 0.15) is 25.8 Å². The second-order valence-electron chi connectivity index (χ2n) is 4.88. The van der Waals surface area contributed by atoms with Crippen LogP contribution in [0.3, 0.4) is 0 Å². The molecular weight excluding hydrogens is 202 g/mol. The summed E-state index contributed by atoms with van der Waals surface area (Å²) in [5.74, 6) is 0.728. The molecule has 0 aliphatic carbocycles. The average Bonchev–Trinajstić information content (AvgIpc) is 2.20. The highest BCUT2D eigenvalue weighted by molar-refractivity contribution is 5.64. The summed E-state index contributed by atoms with van der Waals surface area (Å²) >= 11 is 0. The van der Waals surface area contributed by atoms with Gasteiger partial charge in [0.1, 0.15) is 5.82 Å². The first-order valence-corrected chi connectivity index (χ1v) is 5.52. The van der Waals surface area contributed by atoms with Crippen molar-refractivity contribution in [2.75, 3.05) is 24.2 Å². The molecule has 1 aromatic rings. The number of hydrogen-bond acceptors (Lipinski definition) is 4. The third kappa shape index (κ3) is 3.38. The van der Waals surface area contributed by atoms with Crippen molar-refractivity contribution in [3.8, 4) is 0 Å². The Kier molecular flexibility index (Phi) is 4.12. The summed E-state index contributed by atoms with van der Waals surface area (Å²) in [5.41, 5.74) is 7.67. The molecule has 1 aromatic heterocycles. The molecule has 1 rings (SSSR count). The molecule has 16 heavy (non-hydrogen) atoms. The van der Waals surface area contributed by atoms with Crippen molar-refractivity contribution in [3.63, 3.8) is 0 Å². The zero-order chi connectivity index (χ0) is 12.2. The normalized spacial score (nSPS) is 11.5. The van der Waals surface area contributed by atoms with Gasteiger partial charge in [-0.05, 0) is 30.4 Å². The van der Waals surface area contributed by atoms with Crippen LogP contribution in [0.25, 0.3) is 0 Å². The number of anilines is 2. The summed E-state index contributed by atoms with van der Waals surface area (Å²) in [6.45, 7) is 7.10. The van der Waals surface area contributed by atoms with E-state index in [1.165, 1.54) is 0 Å². The van der Waals surface area contributed by atoms with E-state index in [1.807, 2.05) is 13.0 Å². The molecule has 1 heterocycles. The lowest BCUT2D eigenvalue weighted by atomic mass is 9.90. The molecule has 0 amide bonds. The van der Waals surface area contributed by atoms with E-state index >= 15 is 0 Å². The Hall–Kier alpha value is -1.29. The topological polar surface area (TPSA) is 71.2 Å². The molecule has 4 heteroatoms. The molecule has 0 aliphatic rings. The van der Waals surface area contributed by atoms with Gasteiger partial charge in [0.2, 0.25) is 0 Å². The Balaban J connectivity index is 2.64. The zero-order valence-electron chi connectivity index (χ0n) is 10.2. The summed E-state index contributed by atoms with van der Waals surface area (Å²) in [4.78, 5) is 4.20. The van der Waals surface area contributed by atoms with Gasteiger partial charge in [-0.3, -0.25) is 0 Å². The number of nitrogens with two attached hydrogens (primary N) is 1. The highest BCUT2D eigenvalue weighted by Crippen LogP contribution is 2.23. The van der Waals surface area contributed by atoms with Crippen LogP contribution in [-0.4, -0.2) is 23.2 Å². The van der Waals surface area contributed by atoms with E-state index in [4.69, 9.17) is 10.8 Å². The van der Waals surface area contributed by atoms with Crippen molar-refractivity contribution >= 4 is 11.5 Å². The Morgan fingerprint density at radius 1 is 1.50 bits per heavy atom. The first-order valence-electron chi connectivity index (χ1n) is 5.52. The highest BCUT2D eigenvalue weighted by atomic mass is 16.3. The number of aliphatic hydroxyl groups excluding tert-OH is 1. The lowest BCUT2D eigenvalue weighted by molar-refractivity contribution is 0.220. The molecule has 0 spiro atoms. The molecule has 4 nitrogen and oxygen atoms in total. The maximum Gasteiger partial charge on any atom is 0.149 e. The van der Waals surface area contributed by atoms with Crippen LogP contribution in [0.4, 0.5) is 11.5 Å². The number of aryl methyl sites for hydroxylation is 1. The number of pyridine rings is 1. The van der Waals surface area contributed by atoms with Crippen LogP contribution in [0.15, 0.2) is 12.3 Å². The van der Waals surface area contributed by atoms with Gasteiger partial charge in [-0.25, -0.2) is 4.98 Å². The largest absolute Gasteiger partial charge is 0.396 e. The van der Waals surface area contributed by atoms with E-state index in [2.05, 4.69) is 24.1 Å². The van der Waals surface area contributed by atoms with Crippen molar-refractivity contribution in [3.05, 3.63) is 17.8 Å². The molecule has 0 radical (unpaired) electrons. The van der Waals surface area contributed by atoms with Gasteiger partial charge in [-0.2, -0.15) is 0 Å². The van der Waals surface area contributed by atoms with Gasteiger partial charge in [-0.15, -0.1) is 0 Å². The van der Waals surface area contributed by atoms with Crippen LogP contribution < -0.4 is 11.1 Å². The summed E-state index contributed by atoms with van der Waals surface area (Å²) in [6, 6.07) is 1.89. The van der Waals surface area contributed by atoms with Crippen molar-refractivity contribution < 1.29 is 5.11 Å². The van der Waals surface area contributed by atoms with Crippen LogP contribution in [0.5, 0.6) is 0 Å². The molecule has 0 aromatic carbocycles. The molecule has 0 saturated carbocycles. The maximum absolute atomic E-state index is 8.93. The molecule has 0 fully saturated rings. The maximum atomic E-state index is 8.93. The first-order chi connectivity index (χ1) is 7.46. The lowest BCUT2D eigenvalue weighted by Crippen LogP contribution is -2.25. The van der Waals surface area contributed by atoms with Crippen LogP contribution >= 0.6 is 0 Å². The van der Waals surface area contributed by atoms with Crippen molar-refractivity contribution in [1.82, 2.24) is 4.98 Å². The van der Waals surface area contributed by atoms with E-state index in [0.717, 1.165) is 24.3 Å². The van der Waals surface area contributed by atoms with Crippen molar-refractivity contribution in [2.24, 2.45) is 5.41 Å². The summed E-state index contributed by atoms with van der Waals surface area (Å²) in [5, 5.41) is 12.2. The second kappa shape index (κ2) is 5.16. The summed E-state index contributed by atoms with van der Waals surface area (Å²) in [6.07, 6.45) is 2.50. The van der Waals surface area contributed by atoms with E-state index < -0.39 is 0 Å². The predicted molar refractivity (Wildman–Crippen MR) is 67.4 cm³/mol. The number of aliphatic hydroxyl groups is 1. The number of nitrogens with zero attached hydrogens (tertiary/aromatic N) is 1. The minimum Gasteiger partial charge on any atom is -0.396 e. The molecule has 90 valence electrons. The van der Waals surface area contributed by atoms with E-state index in [0.29, 0.717) is 5.69 Å². The van der Waals surface area contributed by atoms with Gasteiger partial charge >= 0.3 is 0 Å². The van der Waals surface area contributed by atoms with E-state index in [9.17, 15) is 0 Å². The van der Waals surface area contributed by atoms with Gasteiger partial charge in [0.05, 0.1) is 5.69 Å². The number of aromatic nitrogens is 1. The standard InChI is InChI=1S/C12H21N3O/c1-9-4-6-14-11(10(9)13)15-8-12(2,3)5-7-16/h4,6,16H,5,7-8,13H2,1-3H3,(H,14,15). The number of nitrogens with one attached hydrogen (secondary N) is 1. The molecular formula is C12H21N3O. The minimum absolute atomic E-state index is 0.0343. The van der Waals surface area contributed by atoms with Crippen molar-refractivity contribution in [2.45, 2.75) is 27.2 Å². The summed E-state index contributed by atoms with van der Waals surface area (Å²) in [7, 11) is 0. The Bertz CT molecular complexity index is 350. The molecule has 0 unspecified atom stereocenters. The Labute approximate surface area is 96.9 Å². The fourth-order valence-electron chi connectivity index (χ4n) is 1.42. The number of nitrogen functional groups attached to an aromatic ring is 1. The van der Waals surface area contributed by atoms with Crippen LogP contribution in [-0.2, 0) is 0 Å². The molecule has 4 N–H and O–H groups in total. The van der Waals surface area contributed by atoms with Gasteiger partial charge in [0.15, 0.2) is 0 Å². The SMILES string of the molecule is Cc1ccnc(NCC(C)(C)CCO)c1N. The quantitative estimate of drug-likeness (QED) is 0.711. The third-order valence-electron chi connectivity index (χ3n) is 2.73. The first kappa shape index (κ1) is 12.8. The second-order valence-corrected chi connectivity index (χ2v) is 4.88. The van der Waals surface area contributed by atoms with Crippen molar-refractivity contribution in [1.29, 1.82) is 0 Å². The van der Waals surface area contributed by atoms with Gasteiger partial charge in [0.25, 0.3) is 0 Å². The molecule has 0 bridgehead atoms. The molecule has 0 atom stereocenters. The fourth-order valence-corrected chi connectivity index (χ4v) is 1.42. The highest BCUT2D eigenvalue weighted by Gasteiger charge is 2.17. The predicted octanol–water partition coefficient (Wildman–Crippen LogP) is 1.79. The van der Waals surface area contributed by atoms with Crippen LogP contribution in [0, 0.1) is 12.3 Å². The van der Waals surface area contributed by atoms with Gasteiger partial charge in [-0.1, -0.05) is 13.8 Å². The van der Waals surface area contributed by atoms with E-state index in [-0.39, 0.29) is 12.0 Å². The van der Waals surface area contributed by atoms with E-state index in [1.54, 1.807) is 6.20 Å². The third-order valence-corrected chi connectivity index (χ3v) is 2.73. The number of hydrogen-bond donors (Lipinski definition) is 3. The smallest absolute Gasteiger partial charge is 0.149 e. The summed E-state index contributed by atoms with van der Waals surface area (Å²) < 4.78 is 0. The minimum atomic E-state index is 0.0343.